The molecule has 0 aromatic carbocycles. The van der Waals surface area contributed by atoms with Gasteiger partial charge < -0.3 is 0 Å². The first-order valence-electron chi connectivity index (χ1n) is 1.90. The van der Waals surface area contributed by atoms with Crippen molar-refractivity contribution in [2.75, 3.05) is 0 Å². The maximum atomic E-state index is 2.31. The molecule has 0 N–H and O–H groups in total. The molecule has 0 fully saturated rings. The Kier molecular flexibility index (Phi) is 0.526. The van der Waals surface area contributed by atoms with Crippen molar-refractivity contribution in [3.63, 3.8) is 0 Å². The Morgan fingerprint density at radius 1 is 1.00 bits per heavy atom. The SMILES string of the molecule is C1=C(C2=CP2)P1. The average molecular weight is 114 g/mol. The predicted octanol–water partition coefficient (Wildman–Crippen LogP) is 2.05. The molecular weight excluding hydrogens is 110 g/mol. The Balaban J connectivity index is 2.26. The molecule has 2 heteroatoms. The molecule has 0 saturated heterocycles. The summed E-state index contributed by atoms with van der Waals surface area (Å²) in [7, 11) is 2.20. The fraction of sp³-hybridized carbons (Fsp3) is 0. The molecule has 0 saturated carbocycles. The van der Waals surface area contributed by atoms with Gasteiger partial charge in [0.05, 0.1) is 0 Å². The zero-order valence-electron chi connectivity index (χ0n) is 3.15. The summed E-state index contributed by atoms with van der Waals surface area (Å²) < 4.78 is 0. The van der Waals surface area contributed by atoms with Crippen LogP contribution in [0.4, 0.5) is 0 Å². The van der Waals surface area contributed by atoms with Crippen molar-refractivity contribution in [1.29, 1.82) is 0 Å². The Morgan fingerprint density at radius 2 is 1.33 bits per heavy atom. The van der Waals surface area contributed by atoms with Gasteiger partial charge in [0, 0.05) is 0 Å². The lowest BCUT2D eigenvalue weighted by Crippen LogP contribution is -1.36. The van der Waals surface area contributed by atoms with E-state index >= 15 is 0 Å². The molecule has 6 heavy (non-hydrogen) atoms. The second kappa shape index (κ2) is 0.941. The van der Waals surface area contributed by atoms with E-state index < -0.39 is 0 Å². The topological polar surface area (TPSA) is 0 Å². The van der Waals surface area contributed by atoms with E-state index in [2.05, 4.69) is 11.6 Å². The van der Waals surface area contributed by atoms with Crippen LogP contribution in [0.2, 0.25) is 0 Å². The Hall–Kier alpha value is 0.340. The normalized spacial score (nSPS) is 33.3. The third kappa shape index (κ3) is 0.453. The van der Waals surface area contributed by atoms with Crippen LogP contribution < -0.4 is 0 Å². The van der Waals surface area contributed by atoms with Crippen LogP contribution in [0, 0.1) is 0 Å². The molecule has 2 atom stereocenters. The van der Waals surface area contributed by atoms with Gasteiger partial charge in [0.25, 0.3) is 0 Å². The molecule has 0 aliphatic carbocycles. The fourth-order valence-corrected chi connectivity index (χ4v) is 2.02. The van der Waals surface area contributed by atoms with Crippen LogP contribution in [0.25, 0.3) is 0 Å². The van der Waals surface area contributed by atoms with Crippen LogP contribution in [0.1, 0.15) is 0 Å². The Labute approximate surface area is 40.3 Å². The molecule has 2 unspecified atom stereocenters. The van der Waals surface area contributed by atoms with Gasteiger partial charge in [0.2, 0.25) is 0 Å². The summed E-state index contributed by atoms with van der Waals surface area (Å²) in [5.74, 6) is 4.62. The van der Waals surface area contributed by atoms with E-state index in [0.717, 1.165) is 17.2 Å². The Morgan fingerprint density at radius 3 is 1.50 bits per heavy atom. The number of hydrogen-bond acceptors (Lipinski definition) is 0. The van der Waals surface area contributed by atoms with Crippen molar-refractivity contribution in [3.8, 4) is 0 Å². The minimum atomic E-state index is 1.10. The van der Waals surface area contributed by atoms with E-state index in [4.69, 9.17) is 0 Å². The molecule has 0 bridgehead atoms. The highest BCUT2D eigenvalue weighted by Crippen LogP contribution is 2.61. The van der Waals surface area contributed by atoms with Gasteiger partial charge in [0.15, 0.2) is 0 Å². The van der Waals surface area contributed by atoms with Gasteiger partial charge in [-0.15, -0.1) is 0 Å². The molecule has 0 nitrogen and oxygen atoms in total. The highest BCUT2D eigenvalue weighted by Gasteiger charge is 2.18. The summed E-state index contributed by atoms with van der Waals surface area (Å²) in [6.45, 7) is 0. The quantitative estimate of drug-likeness (QED) is 0.457. The molecule has 0 aromatic heterocycles. The van der Waals surface area contributed by atoms with Crippen molar-refractivity contribution in [3.05, 3.63) is 22.3 Å². The zero-order chi connectivity index (χ0) is 3.98. The van der Waals surface area contributed by atoms with Crippen LogP contribution in [0.3, 0.4) is 0 Å². The molecule has 2 aliphatic heterocycles. The molecule has 0 amide bonds. The molecule has 2 heterocycles. The lowest BCUT2D eigenvalue weighted by Gasteiger charge is -1.65. The van der Waals surface area contributed by atoms with Gasteiger partial charge in [0.1, 0.15) is 0 Å². The van der Waals surface area contributed by atoms with Gasteiger partial charge in [-0.05, 0) is 10.6 Å². The Bertz CT molecular complexity index is 126. The molecule has 0 aromatic rings. The van der Waals surface area contributed by atoms with Crippen molar-refractivity contribution >= 4 is 17.2 Å². The van der Waals surface area contributed by atoms with E-state index in [1.807, 2.05) is 0 Å². The molecule has 2 aliphatic rings. The molecule has 30 valence electrons. The fourth-order valence-electron chi connectivity index (χ4n) is 0.383. The smallest absolute Gasteiger partial charge is 0.0149 e. The zero-order valence-corrected chi connectivity index (χ0v) is 5.15. The van der Waals surface area contributed by atoms with Crippen molar-refractivity contribution in [2.24, 2.45) is 0 Å². The van der Waals surface area contributed by atoms with E-state index in [1.54, 1.807) is 10.6 Å². The van der Waals surface area contributed by atoms with Gasteiger partial charge >= 0.3 is 0 Å². The lowest BCUT2D eigenvalue weighted by atomic mass is 10.6. The third-order valence-electron chi connectivity index (χ3n) is 0.868. The molecule has 0 spiro atoms. The van der Waals surface area contributed by atoms with E-state index in [9.17, 15) is 0 Å². The van der Waals surface area contributed by atoms with Gasteiger partial charge in [-0.3, -0.25) is 0 Å². The first kappa shape index (κ1) is 3.36. The third-order valence-corrected chi connectivity index (χ3v) is 2.81. The summed E-state index contributed by atoms with van der Waals surface area (Å²) in [5.41, 5.74) is 0. The van der Waals surface area contributed by atoms with Gasteiger partial charge in [-0.2, -0.15) is 0 Å². The molecule has 2 rings (SSSR count). The standard InChI is InChI=1S/C4H4P2/c1-3(5-1)4-2-6-4/h1-2,5-6H. The van der Waals surface area contributed by atoms with Crippen LogP contribution in [0.15, 0.2) is 22.3 Å². The predicted molar refractivity (Wildman–Crippen MR) is 32.8 cm³/mol. The molecule has 0 radical (unpaired) electrons. The maximum absolute atomic E-state index is 2.31. The minimum absolute atomic E-state index is 1.10. The van der Waals surface area contributed by atoms with Crippen LogP contribution in [-0.2, 0) is 0 Å². The molecular formula is C4H4P2. The van der Waals surface area contributed by atoms with E-state index in [-0.39, 0.29) is 0 Å². The maximum Gasteiger partial charge on any atom is -0.0149 e. The minimum Gasteiger partial charge on any atom is -0.0656 e. The average Bonchev–Trinajstić information content (AvgIpc) is 2.26. The summed E-state index contributed by atoms with van der Waals surface area (Å²) in [5, 5.41) is 3.29. The first-order valence-corrected chi connectivity index (χ1v) is 4.06. The van der Waals surface area contributed by atoms with Gasteiger partial charge in [-0.25, -0.2) is 0 Å². The largest absolute Gasteiger partial charge is 0.0656 e. The first-order chi connectivity index (χ1) is 2.97. The number of allylic oxidation sites excluding steroid dienone is 2. The highest BCUT2D eigenvalue weighted by molar-refractivity contribution is 7.63. The van der Waals surface area contributed by atoms with Crippen molar-refractivity contribution in [2.45, 2.75) is 0 Å². The highest BCUT2D eigenvalue weighted by atomic mass is 31.1. The van der Waals surface area contributed by atoms with Crippen LogP contribution >= 0.6 is 17.2 Å². The number of rotatable bonds is 1. The summed E-state index contributed by atoms with van der Waals surface area (Å²) in [6, 6.07) is 0. The van der Waals surface area contributed by atoms with E-state index in [0.29, 0.717) is 0 Å². The van der Waals surface area contributed by atoms with Crippen molar-refractivity contribution in [1.82, 2.24) is 0 Å². The second-order valence-corrected chi connectivity index (χ2v) is 3.64. The van der Waals surface area contributed by atoms with Crippen molar-refractivity contribution < 1.29 is 0 Å². The van der Waals surface area contributed by atoms with E-state index in [1.165, 1.54) is 0 Å². The summed E-state index contributed by atoms with van der Waals surface area (Å²) in [6.07, 6.45) is 0. The summed E-state index contributed by atoms with van der Waals surface area (Å²) >= 11 is 0. The monoisotopic (exact) mass is 114 g/mol. The summed E-state index contributed by atoms with van der Waals surface area (Å²) in [4.78, 5) is 0. The second-order valence-electron chi connectivity index (χ2n) is 1.40. The van der Waals surface area contributed by atoms with Crippen LogP contribution in [0.5, 0.6) is 0 Å². The van der Waals surface area contributed by atoms with Gasteiger partial charge in [-0.1, -0.05) is 28.8 Å². The van der Waals surface area contributed by atoms with Crippen LogP contribution in [-0.4, -0.2) is 0 Å². The lowest BCUT2D eigenvalue weighted by molar-refractivity contribution is 2.10. The number of hydrogen-bond donors (Lipinski definition) is 0.